The van der Waals surface area contributed by atoms with E-state index in [4.69, 9.17) is 4.98 Å². The standard InChI is InChI=1S/C22H36N4/c1-2-11-20-17(7-1)8-6-14-23-21-12-3-4-13-22(21)25-16-19-10-5-9-18(26-19)15-24-20/h5,9-10,17,20-25H,1-4,6-8,11-16H2/t17-,20+,21+,22+/m0/s1. The summed E-state index contributed by atoms with van der Waals surface area (Å²) in [6.45, 7) is 2.99. The van der Waals surface area contributed by atoms with Gasteiger partial charge in [0.25, 0.3) is 0 Å². The molecule has 3 aliphatic rings. The van der Waals surface area contributed by atoms with Crippen LogP contribution in [-0.4, -0.2) is 29.7 Å². The Bertz CT molecular complexity index is 516. The molecule has 1 aliphatic heterocycles. The van der Waals surface area contributed by atoms with Crippen molar-refractivity contribution in [2.45, 2.75) is 95.4 Å². The van der Waals surface area contributed by atoms with Gasteiger partial charge in [-0.1, -0.05) is 31.7 Å². The summed E-state index contributed by atoms with van der Waals surface area (Å²) in [4.78, 5) is 4.91. The smallest absolute Gasteiger partial charge is 0.0545 e. The molecule has 4 rings (SSSR count). The summed E-state index contributed by atoms with van der Waals surface area (Å²) in [6.07, 6.45) is 13.6. The molecule has 0 radical (unpaired) electrons. The van der Waals surface area contributed by atoms with Crippen LogP contribution < -0.4 is 16.0 Å². The molecule has 0 unspecified atom stereocenters. The monoisotopic (exact) mass is 356 g/mol. The van der Waals surface area contributed by atoms with Gasteiger partial charge in [0.05, 0.1) is 11.4 Å². The van der Waals surface area contributed by atoms with Crippen LogP contribution >= 0.6 is 0 Å². The van der Waals surface area contributed by atoms with Gasteiger partial charge in [-0.15, -0.1) is 0 Å². The molecule has 0 amide bonds. The van der Waals surface area contributed by atoms with E-state index in [1.54, 1.807) is 0 Å². The molecule has 4 nitrogen and oxygen atoms in total. The van der Waals surface area contributed by atoms with Gasteiger partial charge in [-0.3, -0.25) is 4.98 Å². The molecule has 0 aromatic carbocycles. The minimum absolute atomic E-state index is 0.597. The summed E-state index contributed by atoms with van der Waals surface area (Å²) in [7, 11) is 0. The Kier molecular flexibility index (Phi) is 6.58. The second-order valence-corrected chi connectivity index (χ2v) is 8.63. The number of nitrogens with one attached hydrogen (secondary N) is 3. The largest absolute Gasteiger partial charge is 0.312 e. The van der Waals surface area contributed by atoms with Gasteiger partial charge < -0.3 is 16.0 Å². The third-order valence-electron chi connectivity index (χ3n) is 6.79. The molecule has 2 bridgehead atoms. The summed E-state index contributed by atoms with van der Waals surface area (Å²) < 4.78 is 0. The van der Waals surface area contributed by atoms with E-state index in [0.29, 0.717) is 18.1 Å². The number of hydrogen-bond acceptors (Lipinski definition) is 4. The van der Waals surface area contributed by atoms with Gasteiger partial charge in [0.15, 0.2) is 0 Å². The van der Waals surface area contributed by atoms with Crippen LogP contribution in [0.4, 0.5) is 0 Å². The molecule has 144 valence electrons. The van der Waals surface area contributed by atoms with Crippen molar-refractivity contribution in [3.05, 3.63) is 29.6 Å². The van der Waals surface area contributed by atoms with Gasteiger partial charge in [-0.2, -0.15) is 0 Å². The fraction of sp³-hybridized carbons (Fsp3) is 0.773. The van der Waals surface area contributed by atoms with Crippen molar-refractivity contribution in [1.82, 2.24) is 20.9 Å². The minimum Gasteiger partial charge on any atom is -0.312 e. The summed E-state index contributed by atoms with van der Waals surface area (Å²) in [5, 5.41) is 11.5. The highest BCUT2D eigenvalue weighted by molar-refractivity contribution is 5.11. The maximum atomic E-state index is 4.91. The average molecular weight is 357 g/mol. The predicted octanol–water partition coefficient (Wildman–Crippen LogP) is 3.51. The quantitative estimate of drug-likeness (QED) is 0.666. The molecule has 1 aromatic heterocycles. The third-order valence-corrected chi connectivity index (χ3v) is 6.79. The Morgan fingerprint density at radius 3 is 2.00 bits per heavy atom. The van der Waals surface area contributed by atoms with Crippen molar-refractivity contribution >= 4 is 0 Å². The molecular weight excluding hydrogens is 320 g/mol. The SMILES string of the molecule is c1cc2nc(c1)CN[C@@H]1CCCC[C@H]1NCCC[C@@H]1CCCC[C@H]1NC2. The lowest BCUT2D eigenvalue weighted by molar-refractivity contribution is 0.237. The third kappa shape index (κ3) is 4.85. The zero-order valence-electron chi connectivity index (χ0n) is 16.2. The first-order valence-electron chi connectivity index (χ1n) is 11.0. The first-order chi connectivity index (χ1) is 12.9. The number of aromatic nitrogens is 1. The number of nitrogens with zero attached hydrogens (tertiary/aromatic N) is 1. The summed E-state index contributed by atoms with van der Waals surface area (Å²) in [5.74, 6) is 0.846. The summed E-state index contributed by atoms with van der Waals surface area (Å²) >= 11 is 0. The van der Waals surface area contributed by atoms with E-state index in [0.717, 1.165) is 19.0 Å². The fourth-order valence-electron chi connectivity index (χ4n) is 5.29. The Morgan fingerprint density at radius 1 is 0.654 bits per heavy atom. The van der Waals surface area contributed by atoms with Crippen molar-refractivity contribution < 1.29 is 0 Å². The molecule has 4 atom stereocenters. The molecule has 1 aromatic rings. The molecule has 3 N–H and O–H groups in total. The highest BCUT2D eigenvalue weighted by Crippen LogP contribution is 2.28. The maximum Gasteiger partial charge on any atom is 0.0545 e. The van der Waals surface area contributed by atoms with Crippen LogP contribution in [0.25, 0.3) is 0 Å². The topological polar surface area (TPSA) is 49.0 Å². The van der Waals surface area contributed by atoms with Crippen LogP contribution in [-0.2, 0) is 13.1 Å². The second-order valence-electron chi connectivity index (χ2n) is 8.63. The number of pyridine rings is 1. The first kappa shape index (κ1) is 18.4. The van der Waals surface area contributed by atoms with Crippen molar-refractivity contribution in [3.63, 3.8) is 0 Å². The lowest BCUT2D eigenvalue weighted by Crippen LogP contribution is -2.49. The molecular formula is C22H36N4. The van der Waals surface area contributed by atoms with Gasteiger partial charge in [0, 0.05) is 31.2 Å². The van der Waals surface area contributed by atoms with Gasteiger partial charge in [-0.25, -0.2) is 0 Å². The Labute approximate surface area is 158 Å². The van der Waals surface area contributed by atoms with Crippen LogP contribution in [0.3, 0.4) is 0 Å². The lowest BCUT2D eigenvalue weighted by atomic mass is 9.81. The molecule has 4 heteroatoms. The molecule has 2 saturated carbocycles. The van der Waals surface area contributed by atoms with Gasteiger partial charge >= 0.3 is 0 Å². The summed E-state index contributed by atoms with van der Waals surface area (Å²) in [5.41, 5.74) is 2.38. The summed E-state index contributed by atoms with van der Waals surface area (Å²) in [6, 6.07) is 8.44. The number of fused-ring (bicyclic) bond motifs is 4. The number of hydrogen-bond donors (Lipinski definition) is 3. The fourth-order valence-corrected chi connectivity index (χ4v) is 5.29. The van der Waals surface area contributed by atoms with E-state index in [1.807, 2.05) is 0 Å². The van der Waals surface area contributed by atoms with E-state index in [2.05, 4.69) is 34.1 Å². The van der Waals surface area contributed by atoms with Crippen molar-refractivity contribution in [2.24, 2.45) is 5.92 Å². The molecule has 2 aliphatic carbocycles. The first-order valence-corrected chi connectivity index (χ1v) is 11.0. The predicted molar refractivity (Wildman–Crippen MR) is 107 cm³/mol. The van der Waals surface area contributed by atoms with E-state index in [1.165, 1.54) is 82.1 Å². The Morgan fingerprint density at radius 2 is 1.23 bits per heavy atom. The minimum atomic E-state index is 0.597. The zero-order valence-corrected chi connectivity index (χ0v) is 16.2. The van der Waals surface area contributed by atoms with E-state index in [9.17, 15) is 0 Å². The molecule has 2 heterocycles. The van der Waals surface area contributed by atoms with Gasteiger partial charge in [-0.05, 0) is 63.1 Å². The Hall–Kier alpha value is -0.970. The highest BCUT2D eigenvalue weighted by Gasteiger charge is 2.26. The molecule has 26 heavy (non-hydrogen) atoms. The average Bonchev–Trinajstić information content (AvgIpc) is 2.69. The maximum absolute atomic E-state index is 4.91. The van der Waals surface area contributed by atoms with E-state index >= 15 is 0 Å². The van der Waals surface area contributed by atoms with Crippen molar-refractivity contribution in [1.29, 1.82) is 0 Å². The van der Waals surface area contributed by atoms with Gasteiger partial charge in [0.1, 0.15) is 0 Å². The van der Waals surface area contributed by atoms with E-state index < -0.39 is 0 Å². The van der Waals surface area contributed by atoms with Crippen LogP contribution in [0.5, 0.6) is 0 Å². The second kappa shape index (κ2) is 9.29. The van der Waals surface area contributed by atoms with Crippen LogP contribution in [0.15, 0.2) is 18.2 Å². The lowest BCUT2D eigenvalue weighted by Gasteiger charge is -2.34. The van der Waals surface area contributed by atoms with Crippen LogP contribution in [0, 0.1) is 5.92 Å². The molecule has 2 fully saturated rings. The van der Waals surface area contributed by atoms with Crippen LogP contribution in [0.2, 0.25) is 0 Å². The molecule has 0 saturated heterocycles. The van der Waals surface area contributed by atoms with Crippen LogP contribution in [0.1, 0.15) is 75.6 Å². The molecule has 0 spiro atoms. The van der Waals surface area contributed by atoms with E-state index in [-0.39, 0.29) is 0 Å². The van der Waals surface area contributed by atoms with Crippen molar-refractivity contribution in [3.8, 4) is 0 Å². The van der Waals surface area contributed by atoms with Crippen molar-refractivity contribution in [2.75, 3.05) is 6.54 Å². The van der Waals surface area contributed by atoms with Gasteiger partial charge in [0.2, 0.25) is 0 Å². The highest BCUT2D eigenvalue weighted by atomic mass is 15.0. The Balaban J connectivity index is 1.47. The normalized spacial score (nSPS) is 34.0. The zero-order chi connectivity index (χ0) is 17.6. The number of rotatable bonds is 0.